The summed E-state index contributed by atoms with van der Waals surface area (Å²) >= 11 is 0. The maximum absolute atomic E-state index is 13.3. The second-order valence-corrected chi connectivity index (χ2v) is 9.57. The smallest absolute Gasteiger partial charge is 0.326 e. The number of hydrogen-bond donors (Lipinski definition) is 11. The molecule has 238 valence electrons. The van der Waals surface area contributed by atoms with Gasteiger partial charge in [0.15, 0.2) is 11.9 Å². The highest BCUT2D eigenvalue weighted by Gasteiger charge is 2.30. The number of carbonyl (C=O) groups is 5. The first-order chi connectivity index (χ1) is 20.2. The Morgan fingerprint density at radius 3 is 1.58 bits per heavy atom. The number of rotatable bonds is 19. The highest BCUT2D eigenvalue weighted by Crippen LogP contribution is 2.12. The molecule has 0 radical (unpaired) electrons. The van der Waals surface area contributed by atoms with E-state index in [4.69, 9.17) is 34.4 Å². The minimum Gasteiger partial charge on any atom is -0.508 e. The quantitative estimate of drug-likeness (QED) is 0.0405. The summed E-state index contributed by atoms with van der Waals surface area (Å²) in [5.74, 6) is -4.98. The van der Waals surface area contributed by atoms with Gasteiger partial charge in [-0.05, 0) is 43.4 Å². The number of aromatic hydroxyl groups is 1. The second kappa shape index (κ2) is 18.3. The molecule has 0 saturated heterocycles. The number of nitrogens with zero attached hydrogens (tertiary/aromatic N) is 2. The van der Waals surface area contributed by atoms with Crippen molar-refractivity contribution in [3.05, 3.63) is 29.8 Å². The number of carbonyl (C=O) groups excluding carboxylic acids is 4. The number of benzene rings is 1. The van der Waals surface area contributed by atoms with Crippen molar-refractivity contribution >= 4 is 41.5 Å². The maximum Gasteiger partial charge on any atom is 0.326 e. The molecule has 1 aromatic carbocycles. The number of nitrogens with one attached hydrogen (secondary N) is 3. The standard InChI is InChI=1S/C25H41N11O7/c26-15(12-19(27)38)20(39)34-16(3-1-9-32-24(28)29)21(40)35-17(4-2-10-33-25(30)31)22(41)36-18(23(42)43)11-13-5-7-14(37)8-6-13/h5-8,15-18,37H,1-4,9-12,26H2,(H2,27,38)(H,34,39)(H,35,40)(H,36,41)(H,42,43)(H4,28,29,32)(H4,30,31,33). The van der Waals surface area contributed by atoms with Crippen molar-refractivity contribution < 1.29 is 34.2 Å². The molecule has 0 saturated carbocycles. The molecular weight excluding hydrogens is 566 g/mol. The number of primary amides is 1. The molecule has 4 unspecified atom stereocenters. The van der Waals surface area contributed by atoms with Gasteiger partial charge in [0.1, 0.15) is 23.9 Å². The molecular formula is C25H41N11O7. The van der Waals surface area contributed by atoms with Gasteiger partial charge in [-0.15, -0.1) is 0 Å². The van der Waals surface area contributed by atoms with Crippen LogP contribution in [0.15, 0.2) is 34.3 Å². The third kappa shape index (κ3) is 14.9. The van der Waals surface area contributed by atoms with E-state index in [1.54, 1.807) is 0 Å². The van der Waals surface area contributed by atoms with Crippen molar-refractivity contribution in [2.75, 3.05) is 13.1 Å². The summed E-state index contributed by atoms with van der Waals surface area (Å²) in [5.41, 5.74) is 32.7. The van der Waals surface area contributed by atoms with E-state index in [0.717, 1.165) is 0 Å². The first-order valence-corrected chi connectivity index (χ1v) is 13.3. The van der Waals surface area contributed by atoms with Crippen LogP contribution >= 0.6 is 0 Å². The Balaban J connectivity index is 3.15. The van der Waals surface area contributed by atoms with Crippen molar-refractivity contribution in [3.63, 3.8) is 0 Å². The number of carboxylic acid groups (broad SMARTS) is 1. The Labute approximate surface area is 247 Å². The Hall–Kier alpha value is -5.13. The van der Waals surface area contributed by atoms with Crippen LogP contribution in [-0.2, 0) is 30.4 Å². The van der Waals surface area contributed by atoms with Crippen molar-refractivity contribution in [1.82, 2.24) is 16.0 Å². The normalized spacial score (nSPS) is 13.3. The monoisotopic (exact) mass is 607 g/mol. The molecule has 4 atom stereocenters. The number of nitrogens with two attached hydrogens (primary N) is 6. The zero-order chi connectivity index (χ0) is 32.5. The molecule has 1 rings (SSSR count). The lowest BCUT2D eigenvalue weighted by atomic mass is 10.0. The van der Waals surface area contributed by atoms with Gasteiger partial charge < -0.3 is 60.6 Å². The predicted octanol–water partition coefficient (Wildman–Crippen LogP) is -4.22. The average molecular weight is 608 g/mol. The topological polar surface area (TPSA) is 343 Å². The summed E-state index contributed by atoms with van der Waals surface area (Å²) < 4.78 is 0. The lowest BCUT2D eigenvalue weighted by Gasteiger charge is -2.25. The number of phenolic OH excluding ortho intramolecular Hbond substituents is 1. The number of aliphatic imine (C=N–C) groups is 2. The van der Waals surface area contributed by atoms with Crippen LogP contribution in [0.3, 0.4) is 0 Å². The van der Waals surface area contributed by atoms with Gasteiger partial charge in [-0.2, -0.15) is 0 Å². The molecule has 0 aliphatic carbocycles. The first-order valence-electron chi connectivity index (χ1n) is 13.3. The van der Waals surface area contributed by atoms with Gasteiger partial charge in [0.2, 0.25) is 23.6 Å². The predicted molar refractivity (Wildman–Crippen MR) is 157 cm³/mol. The molecule has 0 bridgehead atoms. The van der Waals surface area contributed by atoms with E-state index < -0.39 is 60.2 Å². The van der Waals surface area contributed by atoms with E-state index in [2.05, 4.69) is 25.9 Å². The summed E-state index contributed by atoms with van der Waals surface area (Å²) in [4.78, 5) is 69.9. The maximum atomic E-state index is 13.3. The van der Waals surface area contributed by atoms with E-state index in [-0.39, 0.29) is 62.9 Å². The molecule has 4 amide bonds. The summed E-state index contributed by atoms with van der Waals surface area (Å²) in [6.45, 7) is 0.230. The number of aliphatic carboxylic acids is 1. The summed E-state index contributed by atoms with van der Waals surface area (Å²) in [7, 11) is 0. The molecule has 18 heteroatoms. The minimum atomic E-state index is -1.38. The fourth-order valence-corrected chi connectivity index (χ4v) is 3.75. The van der Waals surface area contributed by atoms with Crippen molar-refractivity contribution in [2.24, 2.45) is 44.4 Å². The molecule has 1 aromatic rings. The van der Waals surface area contributed by atoms with E-state index in [9.17, 15) is 34.2 Å². The van der Waals surface area contributed by atoms with Crippen LogP contribution < -0.4 is 50.4 Å². The Morgan fingerprint density at radius 1 is 0.721 bits per heavy atom. The molecule has 43 heavy (non-hydrogen) atoms. The van der Waals surface area contributed by atoms with Gasteiger partial charge in [0, 0.05) is 19.5 Å². The van der Waals surface area contributed by atoms with Crippen LogP contribution in [-0.4, -0.2) is 89.0 Å². The van der Waals surface area contributed by atoms with Gasteiger partial charge in [0.05, 0.1) is 12.5 Å². The van der Waals surface area contributed by atoms with Crippen LogP contribution in [0.25, 0.3) is 0 Å². The molecule has 0 aliphatic rings. The molecule has 0 aliphatic heterocycles. The van der Waals surface area contributed by atoms with Gasteiger partial charge in [-0.25, -0.2) is 4.79 Å². The summed E-state index contributed by atoms with van der Waals surface area (Å²) in [5, 5.41) is 26.6. The molecule has 18 nitrogen and oxygen atoms in total. The molecule has 0 aromatic heterocycles. The Kier molecular flexibility index (Phi) is 15.3. The van der Waals surface area contributed by atoms with Crippen LogP contribution in [0.4, 0.5) is 0 Å². The van der Waals surface area contributed by atoms with Crippen LogP contribution in [0.1, 0.15) is 37.7 Å². The van der Waals surface area contributed by atoms with Crippen LogP contribution in [0.2, 0.25) is 0 Å². The molecule has 0 heterocycles. The van der Waals surface area contributed by atoms with Crippen LogP contribution in [0.5, 0.6) is 5.75 Å². The lowest BCUT2D eigenvalue weighted by Crippen LogP contribution is -2.57. The van der Waals surface area contributed by atoms with Gasteiger partial charge in [-0.3, -0.25) is 29.2 Å². The molecule has 17 N–H and O–H groups in total. The average Bonchev–Trinajstić information content (AvgIpc) is 2.91. The third-order valence-corrected chi connectivity index (χ3v) is 5.91. The second-order valence-electron chi connectivity index (χ2n) is 9.57. The highest BCUT2D eigenvalue weighted by molar-refractivity contribution is 5.95. The van der Waals surface area contributed by atoms with E-state index >= 15 is 0 Å². The Bertz CT molecular complexity index is 1170. The largest absolute Gasteiger partial charge is 0.508 e. The number of hydrogen-bond acceptors (Lipinski definition) is 9. The van der Waals surface area contributed by atoms with Crippen molar-refractivity contribution in [1.29, 1.82) is 0 Å². The van der Waals surface area contributed by atoms with Crippen molar-refractivity contribution in [2.45, 2.75) is 62.7 Å². The number of amides is 4. The minimum absolute atomic E-state index is 0.00421. The fourth-order valence-electron chi connectivity index (χ4n) is 3.75. The van der Waals surface area contributed by atoms with E-state index in [0.29, 0.717) is 5.56 Å². The number of phenols is 1. The summed E-state index contributed by atoms with van der Waals surface area (Å²) in [6.07, 6.45) is -0.124. The zero-order valence-electron chi connectivity index (χ0n) is 23.6. The number of carboxylic acids is 1. The van der Waals surface area contributed by atoms with Crippen molar-refractivity contribution in [3.8, 4) is 5.75 Å². The fraction of sp³-hybridized carbons (Fsp3) is 0.480. The van der Waals surface area contributed by atoms with E-state index in [1.807, 2.05) is 0 Å². The highest BCUT2D eigenvalue weighted by atomic mass is 16.4. The SMILES string of the molecule is NC(=O)CC(N)C(=O)NC(CCCN=C(N)N)C(=O)NC(CCCN=C(N)N)C(=O)NC(Cc1ccc(O)cc1)C(=O)O. The lowest BCUT2D eigenvalue weighted by molar-refractivity contribution is -0.142. The van der Waals surface area contributed by atoms with Gasteiger partial charge in [-0.1, -0.05) is 12.1 Å². The Morgan fingerprint density at radius 2 is 1.16 bits per heavy atom. The molecule has 0 fully saturated rings. The van der Waals surface area contributed by atoms with Gasteiger partial charge >= 0.3 is 5.97 Å². The summed E-state index contributed by atoms with van der Waals surface area (Å²) in [6, 6.07) is 0.547. The van der Waals surface area contributed by atoms with E-state index in [1.165, 1.54) is 24.3 Å². The zero-order valence-corrected chi connectivity index (χ0v) is 23.6. The van der Waals surface area contributed by atoms with Crippen LogP contribution in [0, 0.1) is 0 Å². The third-order valence-electron chi connectivity index (χ3n) is 5.91. The van der Waals surface area contributed by atoms with Gasteiger partial charge in [0.25, 0.3) is 0 Å². The first kappa shape index (κ1) is 35.9. The molecule has 0 spiro atoms. The number of guanidine groups is 2.